The van der Waals surface area contributed by atoms with E-state index in [9.17, 15) is 14.4 Å². The highest BCUT2D eigenvalue weighted by Crippen LogP contribution is 2.06. The number of aliphatic carboxylic acids is 1. The second kappa shape index (κ2) is 6.39. The van der Waals surface area contributed by atoms with Crippen molar-refractivity contribution in [2.75, 3.05) is 7.11 Å². The molecule has 0 bridgehead atoms. The van der Waals surface area contributed by atoms with E-state index in [1.807, 2.05) is 0 Å². The van der Waals surface area contributed by atoms with Crippen LogP contribution in [0.5, 0.6) is 0 Å². The lowest BCUT2D eigenvalue weighted by atomic mass is 10.0. The molecule has 6 heteroatoms. The first-order chi connectivity index (χ1) is 8.54. The quantitative estimate of drug-likeness (QED) is 0.763. The van der Waals surface area contributed by atoms with Gasteiger partial charge in [0.15, 0.2) is 5.78 Å². The van der Waals surface area contributed by atoms with Crippen molar-refractivity contribution in [3.05, 3.63) is 35.9 Å². The summed E-state index contributed by atoms with van der Waals surface area (Å²) in [4.78, 5) is 33.6. The number of amides is 1. The number of rotatable bonds is 5. The number of carboxylic acid groups (broad SMARTS) is 1. The molecule has 1 atom stereocenters. The molecule has 0 radical (unpaired) electrons. The highest BCUT2D eigenvalue weighted by atomic mass is 16.5. The summed E-state index contributed by atoms with van der Waals surface area (Å²) in [5.41, 5.74) is 0.399. The summed E-state index contributed by atoms with van der Waals surface area (Å²) in [5.74, 6) is -1.65. The van der Waals surface area contributed by atoms with E-state index in [4.69, 9.17) is 5.11 Å². The number of ketones is 1. The number of ether oxygens (including phenoxy) is 1. The lowest BCUT2D eigenvalue weighted by molar-refractivity contribution is -0.139. The average molecular weight is 251 g/mol. The van der Waals surface area contributed by atoms with Gasteiger partial charge in [-0.3, -0.25) is 4.79 Å². The van der Waals surface area contributed by atoms with Gasteiger partial charge in [-0.15, -0.1) is 0 Å². The first-order valence-corrected chi connectivity index (χ1v) is 5.20. The topological polar surface area (TPSA) is 92.7 Å². The minimum Gasteiger partial charge on any atom is -0.480 e. The molecule has 0 aromatic heterocycles. The van der Waals surface area contributed by atoms with Crippen molar-refractivity contribution in [1.82, 2.24) is 5.32 Å². The van der Waals surface area contributed by atoms with Crippen LogP contribution in [0.2, 0.25) is 0 Å². The molecule has 1 unspecified atom stereocenters. The lowest BCUT2D eigenvalue weighted by Crippen LogP contribution is -2.42. The van der Waals surface area contributed by atoms with E-state index in [0.717, 1.165) is 7.11 Å². The van der Waals surface area contributed by atoms with Gasteiger partial charge in [0, 0.05) is 12.0 Å². The zero-order chi connectivity index (χ0) is 13.5. The molecule has 96 valence electrons. The fraction of sp³-hybridized carbons (Fsp3) is 0.250. The Morgan fingerprint density at radius 1 is 1.28 bits per heavy atom. The van der Waals surface area contributed by atoms with Crippen LogP contribution in [0.4, 0.5) is 4.79 Å². The van der Waals surface area contributed by atoms with Crippen LogP contribution in [0.15, 0.2) is 30.3 Å². The smallest absolute Gasteiger partial charge is 0.407 e. The van der Waals surface area contributed by atoms with Crippen molar-refractivity contribution >= 4 is 17.8 Å². The van der Waals surface area contributed by atoms with E-state index in [0.29, 0.717) is 5.56 Å². The van der Waals surface area contributed by atoms with Gasteiger partial charge in [-0.25, -0.2) is 9.59 Å². The van der Waals surface area contributed by atoms with Crippen LogP contribution in [0, 0.1) is 0 Å². The summed E-state index contributed by atoms with van der Waals surface area (Å²) in [6.45, 7) is 0. The molecule has 0 aliphatic rings. The average Bonchev–Trinajstić information content (AvgIpc) is 2.38. The van der Waals surface area contributed by atoms with Crippen LogP contribution < -0.4 is 5.32 Å². The number of alkyl carbamates (subject to hydrolysis) is 1. The van der Waals surface area contributed by atoms with Gasteiger partial charge in [-0.2, -0.15) is 0 Å². The molecular weight excluding hydrogens is 238 g/mol. The third-order valence-corrected chi connectivity index (χ3v) is 2.26. The first-order valence-electron chi connectivity index (χ1n) is 5.20. The number of benzene rings is 1. The molecule has 1 aromatic carbocycles. The van der Waals surface area contributed by atoms with Gasteiger partial charge in [0.25, 0.3) is 0 Å². The maximum Gasteiger partial charge on any atom is 0.407 e. The summed E-state index contributed by atoms with van der Waals surface area (Å²) in [5, 5.41) is 11.0. The van der Waals surface area contributed by atoms with Crippen molar-refractivity contribution in [3.8, 4) is 0 Å². The van der Waals surface area contributed by atoms with E-state index in [1.165, 1.54) is 0 Å². The molecule has 0 spiro atoms. The predicted octanol–water partition coefficient (Wildman–Crippen LogP) is 1.07. The SMILES string of the molecule is COC(=O)NC(CC(=O)c1ccccc1)C(=O)O. The third-order valence-electron chi connectivity index (χ3n) is 2.26. The maximum atomic E-state index is 11.8. The molecule has 0 saturated carbocycles. The second-order valence-electron chi connectivity index (χ2n) is 3.52. The van der Waals surface area contributed by atoms with Gasteiger partial charge in [-0.1, -0.05) is 30.3 Å². The van der Waals surface area contributed by atoms with Crippen LogP contribution >= 0.6 is 0 Å². The molecule has 0 heterocycles. The summed E-state index contributed by atoms with van der Waals surface area (Å²) in [6.07, 6.45) is -1.21. The number of carbonyl (C=O) groups is 3. The summed E-state index contributed by atoms with van der Waals surface area (Å²) in [7, 11) is 1.12. The largest absolute Gasteiger partial charge is 0.480 e. The van der Waals surface area contributed by atoms with Crippen molar-refractivity contribution in [2.24, 2.45) is 0 Å². The van der Waals surface area contributed by atoms with Crippen LogP contribution in [0.25, 0.3) is 0 Å². The molecule has 0 fully saturated rings. The third kappa shape index (κ3) is 3.89. The maximum absolute atomic E-state index is 11.8. The zero-order valence-electron chi connectivity index (χ0n) is 9.75. The lowest BCUT2D eigenvalue weighted by Gasteiger charge is -2.12. The summed E-state index contributed by atoms with van der Waals surface area (Å²) < 4.78 is 4.29. The predicted molar refractivity (Wildman–Crippen MR) is 62.4 cm³/mol. The van der Waals surface area contributed by atoms with Crippen LogP contribution in [-0.4, -0.2) is 36.1 Å². The molecule has 0 saturated heterocycles. The van der Waals surface area contributed by atoms with Gasteiger partial charge in [0.2, 0.25) is 0 Å². The van der Waals surface area contributed by atoms with Crippen molar-refractivity contribution in [2.45, 2.75) is 12.5 Å². The zero-order valence-corrected chi connectivity index (χ0v) is 9.75. The fourth-order valence-electron chi connectivity index (χ4n) is 1.33. The second-order valence-corrected chi connectivity index (χ2v) is 3.52. The van der Waals surface area contributed by atoms with E-state index < -0.39 is 18.1 Å². The van der Waals surface area contributed by atoms with Gasteiger partial charge >= 0.3 is 12.1 Å². The van der Waals surface area contributed by atoms with Crippen LogP contribution in [0.3, 0.4) is 0 Å². The minimum absolute atomic E-state index is 0.325. The number of hydrogen-bond donors (Lipinski definition) is 2. The van der Waals surface area contributed by atoms with E-state index in [1.54, 1.807) is 30.3 Å². The molecule has 1 aromatic rings. The highest BCUT2D eigenvalue weighted by Gasteiger charge is 2.23. The number of hydrogen-bond acceptors (Lipinski definition) is 4. The summed E-state index contributed by atoms with van der Waals surface area (Å²) in [6, 6.07) is 6.97. The van der Waals surface area contributed by atoms with Crippen molar-refractivity contribution in [1.29, 1.82) is 0 Å². The Balaban J connectivity index is 2.70. The van der Waals surface area contributed by atoms with E-state index >= 15 is 0 Å². The Labute approximate surface area is 104 Å². The Bertz CT molecular complexity index is 443. The molecule has 2 N–H and O–H groups in total. The van der Waals surface area contributed by atoms with Gasteiger partial charge < -0.3 is 15.2 Å². The van der Waals surface area contributed by atoms with Gasteiger partial charge in [0.05, 0.1) is 7.11 Å². The Morgan fingerprint density at radius 2 is 1.89 bits per heavy atom. The Morgan fingerprint density at radius 3 is 2.39 bits per heavy atom. The number of carbonyl (C=O) groups excluding carboxylic acids is 2. The number of methoxy groups -OCH3 is 1. The molecule has 0 aliphatic carbocycles. The van der Waals surface area contributed by atoms with Crippen LogP contribution in [-0.2, 0) is 9.53 Å². The molecule has 6 nitrogen and oxygen atoms in total. The number of nitrogens with one attached hydrogen (secondary N) is 1. The molecule has 1 amide bonds. The molecular formula is C12H13NO5. The Kier molecular flexibility index (Phi) is 4.86. The monoisotopic (exact) mass is 251 g/mol. The normalized spacial score (nSPS) is 11.4. The molecule has 0 aliphatic heterocycles. The van der Waals surface area contributed by atoms with E-state index in [-0.39, 0.29) is 12.2 Å². The number of carboxylic acids is 1. The Hall–Kier alpha value is -2.37. The highest BCUT2D eigenvalue weighted by molar-refractivity contribution is 5.99. The van der Waals surface area contributed by atoms with Crippen molar-refractivity contribution < 1.29 is 24.2 Å². The summed E-state index contributed by atoms with van der Waals surface area (Å²) >= 11 is 0. The van der Waals surface area contributed by atoms with Gasteiger partial charge in [0.1, 0.15) is 6.04 Å². The fourth-order valence-corrected chi connectivity index (χ4v) is 1.33. The van der Waals surface area contributed by atoms with Crippen LogP contribution in [0.1, 0.15) is 16.8 Å². The molecule has 1 rings (SSSR count). The minimum atomic E-state index is -1.30. The van der Waals surface area contributed by atoms with Gasteiger partial charge in [-0.05, 0) is 0 Å². The number of Topliss-reactive ketones (excluding diaryl/α,β-unsaturated/α-hetero) is 1. The standard InChI is InChI=1S/C12H13NO5/c1-18-12(17)13-9(11(15)16)7-10(14)8-5-3-2-4-6-8/h2-6,9H,7H2,1H3,(H,13,17)(H,15,16). The first kappa shape index (κ1) is 13.7. The van der Waals surface area contributed by atoms with E-state index in [2.05, 4.69) is 10.1 Å². The molecule has 18 heavy (non-hydrogen) atoms. The van der Waals surface area contributed by atoms with Crippen molar-refractivity contribution in [3.63, 3.8) is 0 Å².